The Morgan fingerprint density at radius 1 is 1.21 bits per heavy atom. The summed E-state index contributed by atoms with van der Waals surface area (Å²) in [6, 6.07) is 7.52. The Bertz CT molecular complexity index is 813. The molecule has 0 atom stereocenters. The van der Waals surface area contributed by atoms with E-state index in [2.05, 4.69) is 20.9 Å². The van der Waals surface area contributed by atoms with E-state index in [4.69, 9.17) is 4.74 Å². The molecule has 0 aliphatic carbocycles. The monoisotopic (exact) mass is 388 g/mol. The first kappa shape index (κ1) is 16.6. The van der Waals surface area contributed by atoms with Crippen molar-refractivity contribution in [1.82, 2.24) is 9.88 Å². The average Bonchev–Trinajstić information content (AvgIpc) is 2.86. The van der Waals surface area contributed by atoms with Gasteiger partial charge in [-0.2, -0.15) is 0 Å². The molecule has 0 fully saturated rings. The molecule has 0 saturated carbocycles. The van der Waals surface area contributed by atoms with Crippen molar-refractivity contribution >= 4 is 27.9 Å². The van der Waals surface area contributed by atoms with E-state index in [-0.39, 0.29) is 12.5 Å². The van der Waals surface area contributed by atoms with E-state index in [1.54, 1.807) is 33.2 Å². The highest BCUT2D eigenvalue weighted by molar-refractivity contribution is 9.10. The molecule has 24 heavy (non-hydrogen) atoms. The third-order valence-electron chi connectivity index (χ3n) is 3.64. The quantitative estimate of drug-likeness (QED) is 0.725. The van der Waals surface area contributed by atoms with Crippen molar-refractivity contribution in [3.63, 3.8) is 0 Å². The van der Waals surface area contributed by atoms with E-state index in [0.29, 0.717) is 10.0 Å². The van der Waals surface area contributed by atoms with Crippen molar-refractivity contribution in [1.29, 1.82) is 0 Å². The van der Waals surface area contributed by atoms with Crippen LogP contribution in [0.5, 0.6) is 0 Å². The zero-order valence-corrected chi connectivity index (χ0v) is 15.3. The number of hydrogen-bond acceptors (Lipinski definition) is 4. The molecule has 0 saturated heterocycles. The van der Waals surface area contributed by atoms with Crippen LogP contribution >= 0.6 is 15.9 Å². The molecule has 0 spiro atoms. The number of carbonyl (C=O) groups excluding carboxylic acids is 2. The molecule has 1 aromatic heterocycles. The number of carbonyl (C=O) groups is 2. The Balaban J connectivity index is 2.02. The van der Waals surface area contributed by atoms with Crippen LogP contribution in [-0.2, 0) is 11.3 Å². The van der Waals surface area contributed by atoms with Crippen molar-refractivity contribution in [3.8, 4) is 11.1 Å². The first-order valence-corrected chi connectivity index (χ1v) is 8.34. The maximum absolute atomic E-state index is 12.7. The molecule has 1 aromatic carbocycles. The van der Waals surface area contributed by atoms with Crippen LogP contribution in [0.4, 0.5) is 4.79 Å². The van der Waals surface area contributed by atoms with E-state index in [0.717, 1.165) is 21.6 Å². The Labute approximate surface area is 148 Å². The lowest BCUT2D eigenvalue weighted by Gasteiger charge is -2.23. The molecule has 3 rings (SSSR count). The van der Waals surface area contributed by atoms with Gasteiger partial charge in [0.2, 0.25) is 0 Å². The van der Waals surface area contributed by atoms with Gasteiger partial charge >= 0.3 is 6.09 Å². The normalized spacial score (nSPS) is 13.8. The van der Waals surface area contributed by atoms with Crippen molar-refractivity contribution in [2.75, 3.05) is 0 Å². The van der Waals surface area contributed by atoms with Crippen LogP contribution in [0.3, 0.4) is 0 Å². The molecule has 2 aromatic rings. The van der Waals surface area contributed by atoms with Crippen molar-refractivity contribution in [3.05, 3.63) is 52.3 Å². The molecule has 0 N–H and O–H groups in total. The smallest absolute Gasteiger partial charge is 0.417 e. The number of benzene rings is 1. The standard InChI is InChI=1S/C18H17BrN2O3/c1-18(2,3)24-17(23)21-10-13-12(11-6-8-20-9-7-11)4-5-14(19)15(13)16(21)22/h4-9H,10H2,1-3H3. The molecular weight excluding hydrogens is 372 g/mol. The van der Waals surface area contributed by atoms with Crippen molar-refractivity contribution in [2.45, 2.75) is 32.9 Å². The molecule has 0 unspecified atom stereocenters. The van der Waals surface area contributed by atoms with Crippen LogP contribution < -0.4 is 0 Å². The maximum atomic E-state index is 12.7. The second-order valence-corrected chi connectivity index (χ2v) is 7.41. The summed E-state index contributed by atoms with van der Waals surface area (Å²) in [5.41, 5.74) is 2.53. The van der Waals surface area contributed by atoms with Gasteiger partial charge in [0, 0.05) is 16.9 Å². The second kappa shape index (κ2) is 6.02. The average molecular weight is 389 g/mol. The molecule has 5 nitrogen and oxygen atoms in total. The summed E-state index contributed by atoms with van der Waals surface area (Å²) in [7, 11) is 0. The highest BCUT2D eigenvalue weighted by atomic mass is 79.9. The topological polar surface area (TPSA) is 59.5 Å². The van der Waals surface area contributed by atoms with Crippen molar-refractivity contribution in [2.24, 2.45) is 0 Å². The highest BCUT2D eigenvalue weighted by Crippen LogP contribution is 2.37. The predicted octanol–water partition coefficient (Wildman–Crippen LogP) is 4.40. The number of hydrogen-bond donors (Lipinski definition) is 0. The summed E-state index contributed by atoms with van der Waals surface area (Å²) in [5.74, 6) is -0.345. The fraction of sp³-hybridized carbons (Fsp3) is 0.278. The predicted molar refractivity (Wildman–Crippen MR) is 93.5 cm³/mol. The number of imide groups is 1. The minimum Gasteiger partial charge on any atom is -0.443 e. The molecule has 2 heterocycles. The SMILES string of the molecule is CC(C)(C)OC(=O)N1Cc2c(-c3ccncc3)ccc(Br)c2C1=O. The molecule has 2 amide bonds. The number of pyridine rings is 1. The van der Waals surface area contributed by atoms with Gasteiger partial charge < -0.3 is 4.74 Å². The Hall–Kier alpha value is -2.21. The summed E-state index contributed by atoms with van der Waals surface area (Å²) in [6.45, 7) is 5.52. The van der Waals surface area contributed by atoms with Crippen LogP contribution in [0.15, 0.2) is 41.1 Å². The molecular formula is C18H17BrN2O3. The minimum absolute atomic E-state index is 0.195. The lowest BCUT2D eigenvalue weighted by Crippen LogP contribution is -2.36. The first-order valence-electron chi connectivity index (χ1n) is 7.54. The van der Waals surface area contributed by atoms with Gasteiger partial charge in [0.1, 0.15) is 5.60 Å². The summed E-state index contributed by atoms with van der Waals surface area (Å²) in [6.07, 6.45) is 2.77. The van der Waals surface area contributed by atoms with Gasteiger partial charge in [-0.05, 0) is 71.6 Å². The third-order valence-corrected chi connectivity index (χ3v) is 4.30. The fourth-order valence-electron chi connectivity index (χ4n) is 2.65. The number of nitrogens with zero attached hydrogens (tertiary/aromatic N) is 2. The van der Waals surface area contributed by atoms with E-state index in [9.17, 15) is 9.59 Å². The Morgan fingerprint density at radius 2 is 1.88 bits per heavy atom. The Kier molecular flexibility index (Phi) is 4.17. The molecule has 1 aliphatic rings. The summed E-state index contributed by atoms with van der Waals surface area (Å²) < 4.78 is 6.02. The van der Waals surface area contributed by atoms with E-state index in [1.807, 2.05) is 24.3 Å². The highest BCUT2D eigenvalue weighted by Gasteiger charge is 2.37. The second-order valence-electron chi connectivity index (χ2n) is 6.56. The number of ether oxygens (including phenoxy) is 1. The number of amides is 2. The molecule has 124 valence electrons. The number of halogens is 1. The Morgan fingerprint density at radius 3 is 2.50 bits per heavy atom. The van der Waals surface area contributed by atoms with Gasteiger partial charge in [-0.3, -0.25) is 9.78 Å². The van der Waals surface area contributed by atoms with Gasteiger partial charge in [-0.25, -0.2) is 9.69 Å². The van der Waals surface area contributed by atoms with E-state index in [1.165, 1.54) is 0 Å². The van der Waals surface area contributed by atoms with Gasteiger partial charge in [-0.1, -0.05) is 6.07 Å². The molecule has 0 bridgehead atoms. The molecule has 1 aliphatic heterocycles. The zero-order chi connectivity index (χ0) is 17.5. The first-order chi connectivity index (χ1) is 11.3. The van der Waals surface area contributed by atoms with Crippen molar-refractivity contribution < 1.29 is 14.3 Å². The fourth-order valence-corrected chi connectivity index (χ4v) is 3.19. The van der Waals surface area contributed by atoms with Crippen LogP contribution in [0.25, 0.3) is 11.1 Å². The van der Waals surface area contributed by atoms with Gasteiger partial charge in [0.25, 0.3) is 5.91 Å². The van der Waals surface area contributed by atoms with E-state index < -0.39 is 11.7 Å². The number of rotatable bonds is 1. The number of aromatic nitrogens is 1. The molecule has 0 radical (unpaired) electrons. The largest absolute Gasteiger partial charge is 0.443 e. The van der Waals surface area contributed by atoms with E-state index >= 15 is 0 Å². The van der Waals surface area contributed by atoms with Crippen LogP contribution in [0.1, 0.15) is 36.7 Å². The molecule has 6 heteroatoms. The summed E-state index contributed by atoms with van der Waals surface area (Å²) in [5, 5.41) is 0. The lowest BCUT2D eigenvalue weighted by atomic mass is 9.98. The van der Waals surface area contributed by atoms with Gasteiger partial charge in [-0.15, -0.1) is 0 Å². The zero-order valence-electron chi connectivity index (χ0n) is 13.7. The minimum atomic E-state index is -0.655. The van der Waals surface area contributed by atoms with Crippen LogP contribution in [0, 0.1) is 0 Å². The van der Waals surface area contributed by atoms with Gasteiger partial charge in [0.15, 0.2) is 0 Å². The van der Waals surface area contributed by atoms with Gasteiger partial charge in [0.05, 0.1) is 12.1 Å². The van der Waals surface area contributed by atoms with Crippen LogP contribution in [0.2, 0.25) is 0 Å². The maximum Gasteiger partial charge on any atom is 0.417 e. The summed E-state index contributed by atoms with van der Waals surface area (Å²) in [4.78, 5) is 30.2. The van der Waals surface area contributed by atoms with Crippen LogP contribution in [-0.4, -0.2) is 27.5 Å². The third kappa shape index (κ3) is 3.06. The summed E-state index contributed by atoms with van der Waals surface area (Å²) >= 11 is 3.42. The lowest BCUT2D eigenvalue weighted by molar-refractivity contribution is 0.0248. The number of fused-ring (bicyclic) bond motifs is 1.